The molecule has 0 N–H and O–H groups in total. The molecule has 5 atom stereocenters. The maximum atomic E-state index is 12.6. The highest BCUT2D eigenvalue weighted by atomic mass is 28.4. The fraction of sp³-hybridized carbons (Fsp3) is 0.667. The van der Waals surface area contributed by atoms with E-state index < -0.39 is 8.32 Å². The summed E-state index contributed by atoms with van der Waals surface area (Å²) in [4.78, 5) is 12.6. The molecule has 0 amide bonds. The Bertz CT molecular complexity index is 812. The minimum Gasteiger partial charge on any atom is -0.417 e. The SMILES string of the molecule is CC(C#Cc1ccccc1[C@H](C)CO[Si](C)(C)C)[C@H]1CCC[C@H]2C(=O)CCC[C@]12C. The molecule has 2 fully saturated rings. The number of carbonyl (C=O) groups is 1. The van der Waals surface area contributed by atoms with Crippen LogP contribution in [0.5, 0.6) is 0 Å². The van der Waals surface area contributed by atoms with E-state index in [0.29, 0.717) is 23.5 Å². The molecule has 0 spiro atoms. The number of fused-ring (bicyclic) bond motifs is 1. The smallest absolute Gasteiger partial charge is 0.183 e. The van der Waals surface area contributed by atoms with Gasteiger partial charge >= 0.3 is 0 Å². The van der Waals surface area contributed by atoms with E-state index in [-0.39, 0.29) is 11.3 Å². The summed E-state index contributed by atoms with van der Waals surface area (Å²) < 4.78 is 6.16. The van der Waals surface area contributed by atoms with Crippen molar-refractivity contribution >= 4 is 14.1 Å². The molecule has 0 radical (unpaired) electrons. The summed E-state index contributed by atoms with van der Waals surface area (Å²) in [6, 6.07) is 8.54. The van der Waals surface area contributed by atoms with Crippen LogP contribution in [0.3, 0.4) is 0 Å². The van der Waals surface area contributed by atoms with Crippen molar-refractivity contribution in [3.8, 4) is 11.8 Å². The minimum absolute atomic E-state index is 0.139. The third kappa shape index (κ3) is 5.27. The van der Waals surface area contributed by atoms with Gasteiger partial charge in [0.1, 0.15) is 5.78 Å². The van der Waals surface area contributed by atoms with Crippen LogP contribution in [-0.2, 0) is 9.22 Å². The third-order valence-corrected chi connectivity index (χ3v) is 8.51. The second kappa shape index (κ2) is 9.41. The Labute approximate surface area is 185 Å². The topological polar surface area (TPSA) is 26.3 Å². The van der Waals surface area contributed by atoms with Crippen LogP contribution in [0.15, 0.2) is 24.3 Å². The van der Waals surface area contributed by atoms with Crippen molar-refractivity contribution in [3.05, 3.63) is 35.4 Å². The Morgan fingerprint density at radius 1 is 1.17 bits per heavy atom. The Morgan fingerprint density at radius 2 is 1.90 bits per heavy atom. The molecule has 0 aromatic heterocycles. The zero-order valence-corrected chi connectivity index (χ0v) is 20.9. The maximum Gasteiger partial charge on any atom is 0.183 e. The van der Waals surface area contributed by atoms with Crippen LogP contribution in [-0.4, -0.2) is 20.7 Å². The lowest BCUT2D eigenvalue weighted by Crippen LogP contribution is -2.47. The first-order valence-corrected chi connectivity index (χ1v) is 15.3. The molecular formula is C27H40O2Si. The molecule has 30 heavy (non-hydrogen) atoms. The van der Waals surface area contributed by atoms with Gasteiger partial charge in [-0.2, -0.15) is 0 Å². The van der Waals surface area contributed by atoms with Gasteiger partial charge in [0.25, 0.3) is 0 Å². The summed E-state index contributed by atoms with van der Waals surface area (Å²) in [5.41, 5.74) is 2.56. The quantitative estimate of drug-likeness (QED) is 0.383. The standard InChI is InChI=1S/C27H40O2Si/c1-20(24-13-9-14-25-26(28)15-10-18-27(24,25)3)16-17-22-11-7-8-12-23(22)21(2)19-29-30(4,5)6/h7-8,11-12,20-21,24-25H,9-10,13-15,18-19H2,1-6H3/t20?,21-,24-,25+,27-/m1/s1. The number of carbonyl (C=O) groups excluding carboxylic acids is 1. The van der Waals surface area contributed by atoms with E-state index in [9.17, 15) is 4.79 Å². The van der Waals surface area contributed by atoms with Crippen molar-refractivity contribution in [2.45, 2.75) is 84.9 Å². The molecule has 164 valence electrons. The third-order valence-electron chi connectivity index (χ3n) is 7.47. The van der Waals surface area contributed by atoms with E-state index in [2.05, 4.69) is 76.5 Å². The van der Waals surface area contributed by atoms with E-state index in [1.165, 1.54) is 24.8 Å². The van der Waals surface area contributed by atoms with Gasteiger partial charge in [-0.15, -0.1) is 0 Å². The van der Waals surface area contributed by atoms with E-state index in [1.54, 1.807) is 0 Å². The van der Waals surface area contributed by atoms with Crippen molar-refractivity contribution in [3.63, 3.8) is 0 Å². The predicted molar refractivity (Wildman–Crippen MR) is 128 cm³/mol. The average Bonchev–Trinajstić information content (AvgIpc) is 2.69. The van der Waals surface area contributed by atoms with Gasteiger partial charge in [0.2, 0.25) is 0 Å². The van der Waals surface area contributed by atoms with Gasteiger partial charge in [0.05, 0.1) is 0 Å². The van der Waals surface area contributed by atoms with Crippen molar-refractivity contribution in [2.75, 3.05) is 6.61 Å². The molecule has 2 aliphatic rings. The lowest BCUT2D eigenvalue weighted by atomic mass is 9.53. The number of benzene rings is 1. The van der Waals surface area contributed by atoms with E-state index in [0.717, 1.165) is 31.4 Å². The zero-order valence-electron chi connectivity index (χ0n) is 19.9. The van der Waals surface area contributed by atoms with E-state index in [1.807, 2.05) is 0 Å². The van der Waals surface area contributed by atoms with Crippen LogP contribution in [0.2, 0.25) is 19.6 Å². The number of ketones is 1. The number of rotatable bonds is 5. The molecule has 1 aromatic carbocycles. The molecule has 1 aromatic rings. The summed E-state index contributed by atoms with van der Waals surface area (Å²) in [5.74, 6) is 9.09. The van der Waals surface area contributed by atoms with Crippen molar-refractivity contribution in [1.29, 1.82) is 0 Å². The molecule has 1 unspecified atom stereocenters. The highest BCUT2D eigenvalue weighted by Gasteiger charge is 2.49. The van der Waals surface area contributed by atoms with Crippen LogP contribution < -0.4 is 0 Å². The molecule has 2 nitrogen and oxygen atoms in total. The van der Waals surface area contributed by atoms with Gasteiger partial charge in [-0.25, -0.2) is 0 Å². The Morgan fingerprint density at radius 3 is 2.63 bits per heavy atom. The second-order valence-electron chi connectivity index (χ2n) is 10.9. The summed E-state index contributed by atoms with van der Waals surface area (Å²) >= 11 is 0. The normalized spacial score (nSPS) is 28.8. The largest absolute Gasteiger partial charge is 0.417 e. The van der Waals surface area contributed by atoms with Crippen LogP contribution in [0, 0.1) is 35.0 Å². The first-order valence-electron chi connectivity index (χ1n) is 11.9. The summed E-state index contributed by atoms with van der Waals surface area (Å²) in [6.07, 6.45) is 6.49. The molecule has 2 aliphatic carbocycles. The monoisotopic (exact) mass is 424 g/mol. The van der Waals surface area contributed by atoms with Crippen molar-refractivity contribution < 1.29 is 9.22 Å². The Kier molecular flexibility index (Phi) is 7.31. The van der Waals surface area contributed by atoms with Crippen molar-refractivity contribution in [1.82, 2.24) is 0 Å². The molecule has 0 bridgehead atoms. The van der Waals surface area contributed by atoms with Crippen LogP contribution in [0.4, 0.5) is 0 Å². The molecule has 3 rings (SSSR count). The lowest BCUT2D eigenvalue weighted by Gasteiger charge is -2.51. The summed E-state index contributed by atoms with van der Waals surface area (Å²) in [7, 11) is -1.52. The van der Waals surface area contributed by atoms with Gasteiger partial charge in [0, 0.05) is 36.3 Å². The molecule has 0 aliphatic heterocycles. The fourth-order valence-corrected chi connectivity index (χ4v) is 6.53. The zero-order chi connectivity index (χ0) is 21.9. The van der Waals surface area contributed by atoms with Crippen LogP contribution in [0.1, 0.15) is 76.3 Å². The van der Waals surface area contributed by atoms with Gasteiger partial charge in [-0.05, 0) is 68.3 Å². The minimum atomic E-state index is -1.52. The van der Waals surface area contributed by atoms with Gasteiger partial charge in [0.15, 0.2) is 8.32 Å². The number of Topliss-reactive ketones (excluding diaryl/α,β-unsaturated/α-hetero) is 1. The molecular weight excluding hydrogens is 384 g/mol. The average molecular weight is 425 g/mol. The molecule has 3 heteroatoms. The highest BCUT2D eigenvalue weighted by molar-refractivity contribution is 6.69. The first kappa shape index (κ1) is 23.3. The number of hydrogen-bond donors (Lipinski definition) is 0. The van der Waals surface area contributed by atoms with Crippen molar-refractivity contribution in [2.24, 2.45) is 23.2 Å². The summed E-state index contributed by atoms with van der Waals surface area (Å²) in [6.45, 7) is 14.4. The molecule has 2 saturated carbocycles. The lowest BCUT2D eigenvalue weighted by molar-refractivity contribution is -0.136. The van der Waals surface area contributed by atoms with Gasteiger partial charge < -0.3 is 4.43 Å². The Balaban J connectivity index is 1.78. The van der Waals surface area contributed by atoms with Gasteiger partial charge in [-0.1, -0.05) is 57.2 Å². The van der Waals surface area contributed by atoms with Crippen LogP contribution >= 0.6 is 0 Å². The first-order chi connectivity index (χ1) is 14.1. The maximum absolute atomic E-state index is 12.6. The highest BCUT2D eigenvalue weighted by Crippen LogP contribution is 2.54. The predicted octanol–water partition coefficient (Wildman–Crippen LogP) is 6.80. The van der Waals surface area contributed by atoms with E-state index in [4.69, 9.17) is 4.43 Å². The van der Waals surface area contributed by atoms with E-state index >= 15 is 0 Å². The fourth-order valence-electron chi connectivity index (χ4n) is 5.78. The molecule has 0 heterocycles. The van der Waals surface area contributed by atoms with Gasteiger partial charge in [-0.3, -0.25) is 4.79 Å². The Hall–Kier alpha value is -1.37. The van der Waals surface area contributed by atoms with Crippen LogP contribution in [0.25, 0.3) is 0 Å². The number of hydrogen-bond acceptors (Lipinski definition) is 2. The summed E-state index contributed by atoms with van der Waals surface area (Å²) in [5, 5.41) is 0. The second-order valence-corrected chi connectivity index (χ2v) is 15.4. The molecule has 0 saturated heterocycles.